The molecule has 7 nitrogen and oxygen atoms in total. The van der Waals surface area contributed by atoms with Crippen molar-refractivity contribution in [1.82, 2.24) is 14.7 Å². The number of rotatable bonds is 9. The third-order valence-electron chi connectivity index (χ3n) is 4.33. The molecule has 0 N–H and O–H groups in total. The molecule has 0 bridgehead atoms. The van der Waals surface area contributed by atoms with E-state index in [1.54, 1.807) is 12.1 Å². The molecule has 0 fully saturated rings. The number of halogens is 3. The number of benzene rings is 1. The first-order valence-corrected chi connectivity index (χ1v) is 9.69. The highest BCUT2D eigenvalue weighted by molar-refractivity contribution is 6.05. The minimum atomic E-state index is -4.73. The maximum Gasteiger partial charge on any atom is 0.406 e. The lowest BCUT2D eigenvalue weighted by Crippen LogP contribution is -2.43. The number of nitrogens with zero attached hydrogens (tertiary/aromatic N) is 3. The molecule has 0 spiro atoms. The quantitative estimate of drug-likeness (QED) is 0.454. The molecule has 10 heteroatoms. The zero-order valence-electron chi connectivity index (χ0n) is 16.9. The lowest BCUT2D eigenvalue weighted by Gasteiger charge is -2.23. The molecule has 1 aromatic heterocycles. The summed E-state index contributed by atoms with van der Waals surface area (Å²) in [6.07, 6.45) is -2.38. The molecule has 2 rings (SSSR count). The standard InChI is InChI=1S/C20H24F3N3O4/c1-3-5-8-11-26-18(28)15-10-7-6-9-14(15)17(24-26)19(29)25(13-20(21,22)23)12-16(27)30-4-2/h6-7,9-10H,3-5,8,11-13H2,1-2H3. The second-order valence-electron chi connectivity index (χ2n) is 6.71. The van der Waals surface area contributed by atoms with Crippen LogP contribution < -0.4 is 5.56 Å². The highest BCUT2D eigenvalue weighted by Crippen LogP contribution is 2.20. The van der Waals surface area contributed by atoms with E-state index >= 15 is 0 Å². The van der Waals surface area contributed by atoms with Crippen LogP contribution in [0.1, 0.15) is 43.6 Å². The number of ether oxygens (including phenoxy) is 1. The lowest BCUT2D eigenvalue weighted by molar-refractivity contribution is -0.153. The lowest BCUT2D eigenvalue weighted by atomic mass is 10.1. The zero-order chi connectivity index (χ0) is 22.3. The highest BCUT2D eigenvalue weighted by Gasteiger charge is 2.35. The molecule has 1 amide bonds. The first-order valence-electron chi connectivity index (χ1n) is 9.69. The van der Waals surface area contributed by atoms with Gasteiger partial charge in [-0.1, -0.05) is 38.0 Å². The van der Waals surface area contributed by atoms with Crippen LogP contribution in [0.5, 0.6) is 0 Å². The summed E-state index contributed by atoms with van der Waals surface area (Å²) in [5, 5.41) is 4.38. The van der Waals surface area contributed by atoms with Gasteiger partial charge in [0.15, 0.2) is 5.69 Å². The fraction of sp³-hybridized carbons (Fsp3) is 0.500. The number of carbonyl (C=O) groups is 2. The van der Waals surface area contributed by atoms with Gasteiger partial charge in [-0.15, -0.1) is 0 Å². The topological polar surface area (TPSA) is 81.5 Å². The van der Waals surface area contributed by atoms with Crippen molar-refractivity contribution < 1.29 is 27.5 Å². The van der Waals surface area contributed by atoms with Crippen LogP contribution >= 0.6 is 0 Å². The Bertz CT molecular complexity index is 956. The molecule has 2 aromatic rings. The summed E-state index contributed by atoms with van der Waals surface area (Å²) in [4.78, 5) is 37.8. The molecule has 0 unspecified atom stereocenters. The van der Waals surface area contributed by atoms with Gasteiger partial charge in [-0.05, 0) is 19.4 Å². The van der Waals surface area contributed by atoms with Crippen molar-refractivity contribution in [3.63, 3.8) is 0 Å². The molecule has 0 radical (unpaired) electrons. The van der Waals surface area contributed by atoms with E-state index in [4.69, 9.17) is 4.74 Å². The van der Waals surface area contributed by atoms with Crippen LogP contribution in [0.2, 0.25) is 0 Å². The number of hydrogen-bond acceptors (Lipinski definition) is 5. The fourth-order valence-electron chi connectivity index (χ4n) is 2.98. The van der Waals surface area contributed by atoms with Crippen molar-refractivity contribution in [3.05, 3.63) is 40.3 Å². The summed E-state index contributed by atoms with van der Waals surface area (Å²) >= 11 is 0. The molecular weight excluding hydrogens is 403 g/mol. The molecular formula is C20H24F3N3O4. The average Bonchev–Trinajstić information content (AvgIpc) is 2.68. The van der Waals surface area contributed by atoms with Gasteiger partial charge in [0.05, 0.1) is 12.0 Å². The Kier molecular flexibility index (Phi) is 7.96. The van der Waals surface area contributed by atoms with Gasteiger partial charge in [-0.3, -0.25) is 14.4 Å². The molecule has 30 heavy (non-hydrogen) atoms. The molecule has 0 aliphatic rings. The number of aryl methyl sites for hydroxylation is 1. The third-order valence-corrected chi connectivity index (χ3v) is 4.33. The molecule has 0 aliphatic carbocycles. The van der Waals surface area contributed by atoms with Crippen molar-refractivity contribution in [3.8, 4) is 0 Å². The Morgan fingerprint density at radius 1 is 1.13 bits per heavy atom. The van der Waals surface area contributed by atoms with Crippen molar-refractivity contribution >= 4 is 22.6 Å². The van der Waals surface area contributed by atoms with Crippen LogP contribution in [0.25, 0.3) is 10.8 Å². The Labute approximate surface area is 171 Å². The van der Waals surface area contributed by atoms with E-state index in [9.17, 15) is 27.6 Å². The molecule has 164 valence electrons. The summed E-state index contributed by atoms with van der Waals surface area (Å²) in [5.74, 6) is -2.06. The minimum Gasteiger partial charge on any atom is -0.465 e. The predicted molar refractivity (Wildman–Crippen MR) is 104 cm³/mol. The largest absolute Gasteiger partial charge is 0.465 e. The van der Waals surface area contributed by atoms with E-state index in [-0.39, 0.29) is 29.6 Å². The van der Waals surface area contributed by atoms with Gasteiger partial charge >= 0.3 is 12.1 Å². The van der Waals surface area contributed by atoms with Crippen LogP contribution in [-0.4, -0.2) is 52.4 Å². The molecule has 0 saturated heterocycles. The fourth-order valence-corrected chi connectivity index (χ4v) is 2.98. The van der Waals surface area contributed by atoms with E-state index in [1.807, 2.05) is 6.92 Å². The van der Waals surface area contributed by atoms with Gasteiger partial charge in [-0.25, -0.2) is 4.68 Å². The first-order chi connectivity index (χ1) is 14.2. The summed E-state index contributed by atoms with van der Waals surface area (Å²) in [7, 11) is 0. The van der Waals surface area contributed by atoms with Crippen molar-refractivity contribution in [2.24, 2.45) is 0 Å². The molecule has 0 saturated carbocycles. The number of aromatic nitrogens is 2. The van der Waals surface area contributed by atoms with Crippen LogP contribution in [0.3, 0.4) is 0 Å². The smallest absolute Gasteiger partial charge is 0.406 e. The average molecular weight is 427 g/mol. The maximum absolute atomic E-state index is 13.1. The number of esters is 1. The van der Waals surface area contributed by atoms with Gasteiger partial charge in [-0.2, -0.15) is 18.3 Å². The Morgan fingerprint density at radius 2 is 1.80 bits per heavy atom. The number of unbranched alkanes of at least 4 members (excludes halogenated alkanes) is 2. The number of fused-ring (bicyclic) bond motifs is 1. The molecule has 1 heterocycles. The van der Waals surface area contributed by atoms with Gasteiger partial charge in [0.1, 0.15) is 13.1 Å². The third kappa shape index (κ3) is 6.04. The SMILES string of the molecule is CCCCCn1nc(C(=O)N(CC(=O)OCC)CC(F)(F)F)c2ccccc2c1=O. The van der Waals surface area contributed by atoms with Gasteiger partial charge < -0.3 is 9.64 Å². The highest BCUT2D eigenvalue weighted by atomic mass is 19.4. The minimum absolute atomic E-state index is 0.0314. The zero-order valence-corrected chi connectivity index (χ0v) is 16.9. The Balaban J connectivity index is 2.52. The molecule has 0 aliphatic heterocycles. The van der Waals surface area contributed by atoms with Crippen LogP contribution in [0, 0.1) is 0 Å². The van der Waals surface area contributed by atoms with Gasteiger partial charge in [0, 0.05) is 11.9 Å². The Hall–Kier alpha value is -2.91. The van der Waals surface area contributed by atoms with Crippen molar-refractivity contribution in [1.29, 1.82) is 0 Å². The maximum atomic E-state index is 13.1. The van der Waals surface area contributed by atoms with Crippen LogP contribution in [0.4, 0.5) is 13.2 Å². The summed E-state index contributed by atoms with van der Waals surface area (Å²) < 4.78 is 45.0. The van der Waals surface area contributed by atoms with Gasteiger partial charge in [0.25, 0.3) is 11.5 Å². The Morgan fingerprint density at radius 3 is 2.40 bits per heavy atom. The number of amides is 1. The normalized spacial score (nSPS) is 11.5. The van der Waals surface area contributed by atoms with E-state index in [0.29, 0.717) is 11.3 Å². The summed E-state index contributed by atoms with van der Waals surface area (Å²) in [5.41, 5.74) is -0.735. The summed E-state index contributed by atoms with van der Waals surface area (Å²) in [6.45, 7) is 1.17. The van der Waals surface area contributed by atoms with Crippen molar-refractivity contribution in [2.45, 2.75) is 45.8 Å². The second-order valence-corrected chi connectivity index (χ2v) is 6.71. The number of carbonyl (C=O) groups excluding carboxylic acids is 2. The predicted octanol–water partition coefficient (Wildman–Crippen LogP) is 3.15. The second kappa shape index (κ2) is 10.2. The van der Waals surface area contributed by atoms with E-state index in [1.165, 1.54) is 19.1 Å². The van der Waals surface area contributed by atoms with E-state index < -0.39 is 36.7 Å². The van der Waals surface area contributed by atoms with E-state index in [0.717, 1.165) is 17.5 Å². The summed E-state index contributed by atoms with van der Waals surface area (Å²) in [6, 6.07) is 6.09. The number of hydrogen-bond donors (Lipinski definition) is 0. The van der Waals surface area contributed by atoms with Crippen molar-refractivity contribution in [2.75, 3.05) is 19.7 Å². The molecule has 1 aromatic carbocycles. The van der Waals surface area contributed by atoms with Crippen LogP contribution in [-0.2, 0) is 16.1 Å². The van der Waals surface area contributed by atoms with E-state index in [2.05, 4.69) is 5.10 Å². The monoisotopic (exact) mass is 427 g/mol. The van der Waals surface area contributed by atoms with Gasteiger partial charge in [0.2, 0.25) is 0 Å². The van der Waals surface area contributed by atoms with Crippen LogP contribution in [0.15, 0.2) is 29.1 Å². The first kappa shape index (κ1) is 23.4. The number of alkyl halides is 3. The molecule has 0 atom stereocenters.